The van der Waals surface area contributed by atoms with Crippen molar-refractivity contribution in [2.45, 2.75) is 39.0 Å². The third-order valence-corrected chi connectivity index (χ3v) is 4.14. The van der Waals surface area contributed by atoms with Crippen LogP contribution in [0.5, 0.6) is 0 Å². The number of hydrogen-bond donors (Lipinski definition) is 1. The van der Waals surface area contributed by atoms with Crippen molar-refractivity contribution in [3.05, 3.63) is 47.2 Å². The van der Waals surface area contributed by atoms with E-state index in [0.717, 1.165) is 5.56 Å². The van der Waals surface area contributed by atoms with Crippen molar-refractivity contribution in [3.8, 4) is 0 Å². The van der Waals surface area contributed by atoms with E-state index in [1.54, 1.807) is 26.0 Å². The number of carbonyl (C=O) groups is 4. The van der Waals surface area contributed by atoms with Crippen LogP contribution >= 0.6 is 0 Å². The van der Waals surface area contributed by atoms with Gasteiger partial charge in [0.15, 0.2) is 0 Å². The minimum absolute atomic E-state index is 0.0385. The van der Waals surface area contributed by atoms with E-state index >= 15 is 0 Å². The number of methoxy groups -OCH3 is 1. The fourth-order valence-corrected chi connectivity index (χ4v) is 2.85. The highest BCUT2D eigenvalue weighted by Crippen LogP contribution is 2.29. The number of ether oxygens (including phenoxy) is 2. The van der Waals surface area contributed by atoms with Gasteiger partial charge in [-0.15, -0.1) is 0 Å². The van der Waals surface area contributed by atoms with Crippen molar-refractivity contribution in [1.29, 1.82) is 0 Å². The van der Waals surface area contributed by atoms with E-state index in [-0.39, 0.29) is 18.7 Å². The Balaban J connectivity index is 2.06. The molecule has 0 aromatic heterocycles. The highest BCUT2D eigenvalue weighted by molar-refractivity contribution is 6.01. The summed E-state index contributed by atoms with van der Waals surface area (Å²) in [5, 5.41) is 2.47. The topological polar surface area (TPSA) is 102 Å². The van der Waals surface area contributed by atoms with Crippen LogP contribution in [0, 0.1) is 0 Å². The summed E-state index contributed by atoms with van der Waals surface area (Å²) in [7, 11) is 1.21. The van der Waals surface area contributed by atoms with E-state index in [2.05, 4.69) is 5.32 Å². The molecule has 2 rings (SSSR count). The Morgan fingerprint density at radius 2 is 1.89 bits per heavy atom. The molecule has 8 heteroatoms. The Morgan fingerprint density at radius 3 is 2.44 bits per heavy atom. The lowest BCUT2D eigenvalue weighted by molar-refractivity contribution is -0.154. The Kier molecular flexibility index (Phi) is 6.70. The lowest BCUT2D eigenvalue weighted by Gasteiger charge is -2.46. The average molecular weight is 374 g/mol. The van der Waals surface area contributed by atoms with Gasteiger partial charge < -0.3 is 19.6 Å². The van der Waals surface area contributed by atoms with Gasteiger partial charge in [-0.2, -0.15) is 0 Å². The minimum Gasteiger partial charge on any atom is -0.464 e. The van der Waals surface area contributed by atoms with Crippen molar-refractivity contribution in [1.82, 2.24) is 10.2 Å². The number of carbonyl (C=O) groups excluding carboxylic acids is 4. The lowest BCUT2D eigenvalue weighted by atomic mass is 9.90. The number of aldehydes is 1. The van der Waals surface area contributed by atoms with E-state index in [0.29, 0.717) is 11.9 Å². The first kappa shape index (κ1) is 20.2. The SMILES string of the molecule is COC(=O)C(=C(C)C)N1C(=O)[C@H](NC(=O)OCc2ccccc2)[C@H]1CC=O. The van der Waals surface area contributed by atoms with Gasteiger partial charge in [0, 0.05) is 6.42 Å². The predicted octanol–water partition coefficient (Wildman–Crippen LogP) is 1.55. The molecule has 144 valence electrons. The zero-order valence-electron chi connectivity index (χ0n) is 15.4. The zero-order chi connectivity index (χ0) is 20.0. The van der Waals surface area contributed by atoms with Crippen LogP contribution in [-0.4, -0.2) is 48.3 Å². The maximum absolute atomic E-state index is 12.5. The van der Waals surface area contributed by atoms with Crippen LogP contribution in [0.3, 0.4) is 0 Å². The molecule has 1 aliphatic rings. The second-order valence-electron chi connectivity index (χ2n) is 6.20. The monoisotopic (exact) mass is 374 g/mol. The molecule has 1 aromatic carbocycles. The number of alkyl carbamates (subject to hydrolysis) is 1. The Bertz CT molecular complexity index is 755. The van der Waals surface area contributed by atoms with Crippen molar-refractivity contribution >= 4 is 24.3 Å². The van der Waals surface area contributed by atoms with E-state index in [9.17, 15) is 19.2 Å². The maximum atomic E-state index is 12.5. The molecule has 0 bridgehead atoms. The number of esters is 1. The maximum Gasteiger partial charge on any atom is 0.408 e. The van der Waals surface area contributed by atoms with Crippen LogP contribution in [0.2, 0.25) is 0 Å². The number of amides is 2. The van der Waals surface area contributed by atoms with Crippen molar-refractivity contribution in [2.24, 2.45) is 0 Å². The second-order valence-corrected chi connectivity index (χ2v) is 6.20. The second kappa shape index (κ2) is 8.98. The van der Waals surface area contributed by atoms with E-state index in [1.807, 2.05) is 18.2 Å². The van der Waals surface area contributed by atoms with Crippen molar-refractivity contribution < 1.29 is 28.7 Å². The smallest absolute Gasteiger partial charge is 0.408 e. The summed E-state index contributed by atoms with van der Waals surface area (Å²) in [5.74, 6) is -1.18. The molecule has 1 heterocycles. The third-order valence-electron chi connectivity index (χ3n) is 4.14. The number of β-lactam (4-membered cyclic amide) rings is 1. The third kappa shape index (κ3) is 4.52. The number of rotatable bonds is 7. The molecular weight excluding hydrogens is 352 g/mol. The predicted molar refractivity (Wildman–Crippen MR) is 95.3 cm³/mol. The molecule has 1 saturated heterocycles. The molecule has 1 N–H and O–H groups in total. The molecule has 0 aliphatic carbocycles. The van der Waals surface area contributed by atoms with Crippen molar-refractivity contribution in [2.75, 3.05) is 7.11 Å². The van der Waals surface area contributed by atoms with Gasteiger partial charge in [0.05, 0.1) is 13.2 Å². The van der Waals surface area contributed by atoms with Gasteiger partial charge in [-0.1, -0.05) is 30.3 Å². The van der Waals surface area contributed by atoms with Gasteiger partial charge in [-0.3, -0.25) is 9.69 Å². The summed E-state index contributed by atoms with van der Waals surface area (Å²) in [5.41, 5.74) is 1.44. The van der Waals surface area contributed by atoms with Gasteiger partial charge in [0.1, 0.15) is 24.6 Å². The summed E-state index contributed by atoms with van der Waals surface area (Å²) in [4.78, 5) is 48.7. The van der Waals surface area contributed by atoms with Crippen LogP contribution in [0.4, 0.5) is 4.79 Å². The van der Waals surface area contributed by atoms with E-state index in [4.69, 9.17) is 9.47 Å². The van der Waals surface area contributed by atoms with Gasteiger partial charge in [-0.05, 0) is 25.0 Å². The highest BCUT2D eigenvalue weighted by Gasteiger charge is 2.51. The normalized spacial score (nSPS) is 18.2. The molecule has 0 radical (unpaired) electrons. The van der Waals surface area contributed by atoms with Crippen LogP contribution < -0.4 is 5.32 Å². The molecule has 1 aliphatic heterocycles. The van der Waals surface area contributed by atoms with Gasteiger partial charge in [-0.25, -0.2) is 9.59 Å². The average Bonchev–Trinajstić information content (AvgIpc) is 2.67. The largest absolute Gasteiger partial charge is 0.464 e. The van der Waals surface area contributed by atoms with Crippen LogP contribution in [0.1, 0.15) is 25.8 Å². The van der Waals surface area contributed by atoms with Crippen LogP contribution in [0.25, 0.3) is 0 Å². The summed E-state index contributed by atoms with van der Waals surface area (Å²) >= 11 is 0. The first-order valence-corrected chi connectivity index (χ1v) is 8.40. The molecule has 1 fully saturated rings. The minimum atomic E-state index is -0.947. The summed E-state index contributed by atoms with van der Waals surface area (Å²) in [6.07, 6.45) is -0.179. The number of hydrogen-bond acceptors (Lipinski definition) is 6. The summed E-state index contributed by atoms with van der Waals surface area (Å²) < 4.78 is 9.83. The number of likely N-dealkylation sites (tertiary alicyclic amines) is 1. The first-order chi connectivity index (χ1) is 12.9. The number of nitrogens with one attached hydrogen (secondary N) is 1. The molecule has 1 aromatic rings. The fraction of sp³-hybridized carbons (Fsp3) is 0.368. The quantitative estimate of drug-likeness (QED) is 0.336. The number of nitrogens with zero attached hydrogens (tertiary/aromatic N) is 1. The lowest BCUT2D eigenvalue weighted by Crippen LogP contribution is -2.70. The Morgan fingerprint density at radius 1 is 1.22 bits per heavy atom. The first-order valence-electron chi connectivity index (χ1n) is 8.40. The molecule has 2 atom stereocenters. The van der Waals surface area contributed by atoms with Crippen LogP contribution in [0.15, 0.2) is 41.6 Å². The fourth-order valence-electron chi connectivity index (χ4n) is 2.85. The van der Waals surface area contributed by atoms with E-state index < -0.39 is 30.1 Å². The molecule has 27 heavy (non-hydrogen) atoms. The molecular formula is C19H22N2O6. The molecule has 0 spiro atoms. The van der Waals surface area contributed by atoms with Crippen molar-refractivity contribution in [3.63, 3.8) is 0 Å². The number of allylic oxidation sites excluding steroid dienone is 1. The molecule has 8 nitrogen and oxygen atoms in total. The van der Waals surface area contributed by atoms with Crippen LogP contribution in [-0.2, 0) is 30.5 Å². The molecule has 0 unspecified atom stereocenters. The summed E-state index contributed by atoms with van der Waals surface area (Å²) in [6.45, 7) is 3.37. The standard InChI is InChI=1S/C19H22N2O6/c1-12(2)16(18(24)26-3)21-14(9-10-22)15(17(21)23)20-19(25)27-11-13-7-5-4-6-8-13/h4-8,10,14-15H,9,11H2,1-3H3,(H,20,25)/t14-,15-/m1/s1. The van der Waals surface area contributed by atoms with Gasteiger partial charge >= 0.3 is 12.1 Å². The highest BCUT2D eigenvalue weighted by atomic mass is 16.5. The van der Waals surface area contributed by atoms with E-state index in [1.165, 1.54) is 12.0 Å². The Hall–Kier alpha value is -3.16. The van der Waals surface area contributed by atoms with Gasteiger partial charge in [0.25, 0.3) is 5.91 Å². The molecule has 0 saturated carbocycles. The number of benzene rings is 1. The van der Waals surface area contributed by atoms with Gasteiger partial charge in [0.2, 0.25) is 0 Å². The molecule has 2 amide bonds. The Labute approximate surface area is 157 Å². The zero-order valence-corrected chi connectivity index (χ0v) is 15.4. The summed E-state index contributed by atoms with van der Waals surface area (Å²) in [6, 6.07) is 7.46.